The van der Waals surface area contributed by atoms with Crippen LogP contribution in [0.5, 0.6) is 0 Å². The highest BCUT2D eigenvalue weighted by molar-refractivity contribution is 5.91. The van der Waals surface area contributed by atoms with Gasteiger partial charge in [0.2, 0.25) is 0 Å². The van der Waals surface area contributed by atoms with E-state index < -0.39 is 0 Å². The van der Waals surface area contributed by atoms with Crippen molar-refractivity contribution in [1.82, 2.24) is 30.2 Å². The summed E-state index contributed by atoms with van der Waals surface area (Å²) in [7, 11) is 3.99. The summed E-state index contributed by atoms with van der Waals surface area (Å²) in [6.07, 6.45) is 5.71. The monoisotopic (exact) mass is 365 g/mol. The summed E-state index contributed by atoms with van der Waals surface area (Å²) >= 11 is 0. The van der Waals surface area contributed by atoms with E-state index in [2.05, 4.69) is 37.9 Å². The number of hydrogen-bond donors (Lipinski definition) is 2. The summed E-state index contributed by atoms with van der Waals surface area (Å²) in [4.78, 5) is 14.5. The lowest BCUT2D eigenvalue weighted by Gasteiger charge is -2.29. The molecule has 1 aliphatic rings. The highest BCUT2D eigenvalue weighted by atomic mass is 16.2. The molecule has 27 heavy (non-hydrogen) atoms. The molecule has 3 heterocycles. The SMILES string of the molecule is CN1CCC(NC(=O)Nc2cc3cc(-c4cnn(C)c4)ccc3nn2)CC1. The molecular weight excluding hydrogens is 342 g/mol. The van der Waals surface area contributed by atoms with Gasteiger partial charge >= 0.3 is 6.03 Å². The second-order valence-electron chi connectivity index (χ2n) is 7.08. The number of carbonyl (C=O) groups excluding carboxylic acids is 1. The summed E-state index contributed by atoms with van der Waals surface area (Å²) in [6.45, 7) is 2.00. The molecule has 2 aromatic heterocycles. The maximum Gasteiger partial charge on any atom is 0.320 e. The largest absolute Gasteiger partial charge is 0.335 e. The van der Waals surface area contributed by atoms with Crippen molar-refractivity contribution < 1.29 is 4.79 Å². The molecule has 3 aromatic rings. The Morgan fingerprint density at radius 1 is 1.11 bits per heavy atom. The van der Waals surface area contributed by atoms with E-state index in [1.165, 1.54) is 0 Å². The number of urea groups is 1. The van der Waals surface area contributed by atoms with Crippen LogP contribution in [0.25, 0.3) is 22.0 Å². The molecule has 0 spiro atoms. The molecule has 0 aliphatic carbocycles. The van der Waals surface area contributed by atoms with Crippen LogP contribution in [0.2, 0.25) is 0 Å². The number of aryl methyl sites for hydroxylation is 1. The Hall–Kier alpha value is -3.00. The van der Waals surface area contributed by atoms with E-state index in [1.54, 1.807) is 4.68 Å². The Balaban J connectivity index is 1.48. The number of benzene rings is 1. The number of nitrogens with zero attached hydrogens (tertiary/aromatic N) is 5. The van der Waals surface area contributed by atoms with E-state index in [9.17, 15) is 4.79 Å². The van der Waals surface area contributed by atoms with Gasteiger partial charge in [-0.15, -0.1) is 10.2 Å². The van der Waals surface area contributed by atoms with E-state index in [1.807, 2.05) is 43.7 Å². The molecule has 8 nitrogen and oxygen atoms in total. The number of rotatable bonds is 3. The number of fused-ring (bicyclic) bond motifs is 1. The average molecular weight is 365 g/mol. The lowest BCUT2D eigenvalue weighted by molar-refractivity contribution is 0.221. The van der Waals surface area contributed by atoms with E-state index in [-0.39, 0.29) is 12.1 Å². The number of nitrogens with one attached hydrogen (secondary N) is 2. The predicted molar refractivity (Wildman–Crippen MR) is 104 cm³/mol. The maximum absolute atomic E-state index is 12.3. The Kier molecular flexibility index (Phi) is 4.72. The highest BCUT2D eigenvalue weighted by Gasteiger charge is 2.18. The number of hydrogen-bond acceptors (Lipinski definition) is 5. The van der Waals surface area contributed by atoms with Crippen LogP contribution < -0.4 is 10.6 Å². The average Bonchev–Trinajstić information content (AvgIpc) is 3.09. The molecule has 0 unspecified atom stereocenters. The van der Waals surface area contributed by atoms with E-state index in [0.717, 1.165) is 48.0 Å². The third-order valence-corrected chi connectivity index (χ3v) is 4.92. The highest BCUT2D eigenvalue weighted by Crippen LogP contribution is 2.24. The van der Waals surface area contributed by atoms with Crippen LogP contribution >= 0.6 is 0 Å². The van der Waals surface area contributed by atoms with Crippen LogP contribution in [0.1, 0.15) is 12.8 Å². The van der Waals surface area contributed by atoms with Gasteiger partial charge in [0.05, 0.1) is 11.7 Å². The van der Waals surface area contributed by atoms with Crippen LogP contribution in [0.4, 0.5) is 10.6 Å². The number of anilines is 1. The van der Waals surface area contributed by atoms with Gasteiger partial charge in [-0.3, -0.25) is 10.00 Å². The van der Waals surface area contributed by atoms with Gasteiger partial charge in [-0.05, 0) is 56.7 Å². The second-order valence-corrected chi connectivity index (χ2v) is 7.08. The predicted octanol–water partition coefficient (Wildman–Crippen LogP) is 2.25. The molecule has 0 radical (unpaired) electrons. The fraction of sp³-hybridized carbons (Fsp3) is 0.368. The van der Waals surface area contributed by atoms with Gasteiger partial charge in [0, 0.05) is 30.2 Å². The minimum atomic E-state index is -0.235. The maximum atomic E-state index is 12.3. The van der Waals surface area contributed by atoms with Gasteiger partial charge in [-0.2, -0.15) is 5.10 Å². The lowest BCUT2D eigenvalue weighted by atomic mass is 10.1. The van der Waals surface area contributed by atoms with Gasteiger partial charge in [0.15, 0.2) is 5.82 Å². The van der Waals surface area contributed by atoms with Crippen molar-refractivity contribution in [3.8, 4) is 11.1 Å². The molecule has 2 amide bonds. The molecule has 1 fully saturated rings. The molecule has 0 bridgehead atoms. The first-order valence-corrected chi connectivity index (χ1v) is 9.09. The number of carbonyl (C=O) groups is 1. The number of likely N-dealkylation sites (tertiary alicyclic amines) is 1. The van der Waals surface area contributed by atoms with Crippen molar-refractivity contribution in [2.45, 2.75) is 18.9 Å². The van der Waals surface area contributed by atoms with Crippen LogP contribution in [-0.2, 0) is 7.05 Å². The van der Waals surface area contributed by atoms with Gasteiger partial charge in [0.25, 0.3) is 0 Å². The van der Waals surface area contributed by atoms with Crippen molar-refractivity contribution in [3.63, 3.8) is 0 Å². The number of piperidine rings is 1. The third-order valence-electron chi connectivity index (χ3n) is 4.92. The molecule has 1 aromatic carbocycles. The van der Waals surface area contributed by atoms with Crippen LogP contribution in [0.3, 0.4) is 0 Å². The summed E-state index contributed by atoms with van der Waals surface area (Å²) < 4.78 is 1.77. The van der Waals surface area contributed by atoms with Gasteiger partial charge in [0.1, 0.15) is 0 Å². The zero-order valence-corrected chi connectivity index (χ0v) is 15.5. The van der Waals surface area contributed by atoms with Crippen molar-refractivity contribution >= 4 is 22.8 Å². The van der Waals surface area contributed by atoms with E-state index in [4.69, 9.17) is 0 Å². The Bertz CT molecular complexity index is 960. The van der Waals surface area contributed by atoms with Gasteiger partial charge in [-0.1, -0.05) is 6.07 Å². The number of amides is 2. The Morgan fingerprint density at radius 3 is 2.67 bits per heavy atom. The molecule has 1 saturated heterocycles. The minimum absolute atomic E-state index is 0.201. The second kappa shape index (κ2) is 7.32. The molecule has 8 heteroatoms. The van der Waals surface area contributed by atoms with Gasteiger partial charge in [-0.25, -0.2) is 4.79 Å². The zero-order valence-electron chi connectivity index (χ0n) is 15.5. The molecule has 2 N–H and O–H groups in total. The van der Waals surface area contributed by atoms with E-state index >= 15 is 0 Å². The Labute approximate surface area is 157 Å². The van der Waals surface area contributed by atoms with Crippen molar-refractivity contribution in [2.24, 2.45) is 7.05 Å². The fourth-order valence-corrected chi connectivity index (χ4v) is 3.35. The molecule has 4 rings (SSSR count). The lowest BCUT2D eigenvalue weighted by Crippen LogP contribution is -2.44. The summed E-state index contributed by atoms with van der Waals surface area (Å²) in [5.41, 5.74) is 2.86. The molecule has 1 aliphatic heterocycles. The van der Waals surface area contributed by atoms with Crippen molar-refractivity contribution in [1.29, 1.82) is 0 Å². The van der Waals surface area contributed by atoms with Crippen molar-refractivity contribution in [3.05, 3.63) is 36.7 Å². The van der Waals surface area contributed by atoms with Crippen LogP contribution in [0, 0.1) is 0 Å². The molecular formula is C19H23N7O. The topological polar surface area (TPSA) is 88.0 Å². The Morgan fingerprint density at radius 2 is 1.93 bits per heavy atom. The number of aromatic nitrogens is 4. The van der Waals surface area contributed by atoms with Crippen LogP contribution in [0.15, 0.2) is 36.7 Å². The normalized spacial score (nSPS) is 15.8. The first-order valence-electron chi connectivity index (χ1n) is 9.09. The molecule has 140 valence electrons. The third kappa shape index (κ3) is 4.06. The molecule has 0 atom stereocenters. The van der Waals surface area contributed by atoms with Crippen molar-refractivity contribution in [2.75, 3.05) is 25.5 Å². The first-order chi connectivity index (χ1) is 13.1. The van der Waals surface area contributed by atoms with E-state index in [0.29, 0.717) is 5.82 Å². The van der Waals surface area contributed by atoms with Crippen LogP contribution in [-0.4, -0.2) is 57.1 Å². The smallest absolute Gasteiger partial charge is 0.320 e. The summed E-state index contributed by atoms with van der Waals surface area (Å²) in [6, 6.07) is 7.76. The first kappa shape index (κ1) is 17.4. The standard InChI is InChI=1S/C19H23N7O/c1-25-7-5-16(6-8-25)21-19(27)22-18-10-14-9-13(3-4-17(14)23-24-18)15-11-20-26(2)12-15/h3-4,9-12,16H,5-8H2,1-2H3,(H2,21,22,24,27). The summed E-state index contributed by atoms with van der Waals surface area (Å²) in [5.74, 6) is 0.441. The quantitative estimate of drug-likeness (QED) is 0.743. The minimum Gasteiger partial charge on any atom is -0.335 e. The van der Waals surface area contributed by atoms with Gasteiger partial charge < -0.3 is 10.2 Å². The fourth-order valence-electron chi connectivity index (χ4n) is 3.35. The molecule has 0 saturated carbocycles. The summed E-state index contributed by atoms with van der Waals surface area (Å²) in [5, 5.41) is 19.3. The zero-order chi connectivity index (χ0) is 18.8.